The van der Waals surface area contributed by atoms with Crippen molar-refractivity contribution in [1.82, 2.24) is 4.98 Å². The number of nitrogens with zero attached hydrogens (tertiary/aromatic N) is 2. The van der Waals surface area contributed by atoms with Gasteiger partial charge < -0.3 is 14.9 Å². The molecule has 0 aromatic carbocycles. The van der Waals surface area contributed by atoms with E-state index in [4.69, 9.17) is 4.74 Å². The molecule has 1 aliphatic carbocycles. The highest BCUT2D eigenvalue weighted by molar-refractivity contribution is 7.80. The van der Waals surface area contributed by atoms with Gasteiger partial charge in [0, 0.05) is 12.3 Å². The first-order chi connectivity index (χ1) is 9.56. The lowest BCUT2D eigenvalue weighted by Gasteiger charge is -2.35. The quantitative estimate of drug-likeness (QED) is 0.512. The summed E-state index contributed by atoms with van der Waals surface area (Å²) in [5.74, 6) is 0.808. The van der Waals surface area contributed by atoms with E-state index in [1.807, 2.05) is 0 Å². The van der Waals surface area contributed by atoms with Crippen molar-refractivity contribution in [1.29, 1.82) is 0 Å². The normalized spacial score (nSPS) is 17.7. The minimum atomic E-state index is -0.490. The number of hydrogen-bond acceptors (Lipinski definition) is 5. The Labute approximate surface area is 124 Å². The lowest BCUT2D eigenvalue weighted by molar-refractivity contribution is -0.390. The fraction of sp³-hybridized carbons (Fsp3) is 0.643. The molecule has 0 saturated heterocycles. The molecule has 2 rings (SSSR count). The second kappa shape index (κ2) is 6.43. The van der Waals surface area contributed by atoms with Gasteiger partial charge >= 0.3 is 5.82 Å². The van der Waals surface area contributed by atoms with Gasteiger partial charge in [-0.2, -0.15) is 12.6 Å². The molecule has 0 amide bonds. The molecule has 0 atom stereocenters. The third-order valence-corrected chi connectivity index (χ3v) is 4.61. The van der Waals surface area contributed by atoms with Crippen LogP contribution >= 0.6 is 12.6 Å². The number of nitro groups is 1. The van der Waals surface area contributed by atoms with Gasteiger partial charge in [0.25, 0.3) is 0 Å². The molecule has 5 nitrogen and oxygen atoms in total. The topological polar surface area (TPSA) is 65.3 Å². The van der Waals surface area contributed by atoms with E-state index in [2.05, 4.69) is 17.6 Å². The summed E-state index contributed by atoms with van der Waals surface area (Å²) in [6, 6.07) is 3.37. The van der Waals surface area contributed by atoms with Crippen molar-refractivity contribution in [2.75, 3.05) is 12.4 Å². The smallest absolute Gasteiger partial charge is 0.406 e. The van der Waals surface area contributed by atoms with Crippen molar-refractivity contribution in [3.8, 4) is 5.75 Å². The summed E-state index contributed by atoms with van der Waals surface area (Å²) in [5, 5.41) is 11.0. The molecule has 0 N–H and O–H groups in total. The van der Waals surface area contributed by atoms with Crippen LogP contribution in [0.25, 0.3) is 0 Å². The summed E-state index contributed by atoms with van der Waals surface area (Å²) in [5.41, 5.74) is 0.658. The van der Waals surface area contributed by atoms with Crippen LogP contribution in [0.1, 0.15) is 37.8 Å². The fourth-order valence-electron chi connectivity index (χ4n) is 2.65. The molecular formula is C14H20N2O3S. The summed E-state index contributed by atoms with van der Waals surface area (Å²) in [6.45, 7) is 2.20. The van der Waals surface area contributed by atoms with Crippen LogP contribution in [0.5, 0.6) is 5.75 Å². The SMILES string of the molecule is Cc1ccc(OCC2(CS)CCCCC2)c([N+](=O)[O-])n1. The molecular weight excluding hydrogens is 276 g/mol. The van der Waals surface area contributed by atoms with Crippen molar-refractivity contribution in [2.45, 2.75) is 39.0 Å². The molecule has 6 heteroatoms. The number of rotatable bonds is 5. The summed E-state index contributed by atoms with van der Waals surface area (Å²) in [4.78, 5) is 14.5. The molecule has 0 radical (unpaired) electrons. The summed E-state index contributed by atoms with van der Waals surface area (Å²) >= 11 is 4.45. The van der Waals surface area contributed by atoms with Crippen molar-refractivity contribution >= 4 is 18.4 Å². The van der Waals surface area contributed by atoms with Crippen LogP contribution in [0.2, 0.25) is 0 Å². The molecule has 0 bridgehead atoms. The molecule has 0 spiro atoms. The van der Waals surface area contributed by atoms with Crippen LogP contribution in [0.15, 0.2) is 12.1 Å². The van der Waals surface area contributed by atoms with Gasteiger partial charge in [-0.15, -0.1) is 0 Å². The molecule has 20 heavy (non-hydrogen) atoms. The zero-order chi connectivity index (χ0) is 14.6. The van der Waals surface area contributed by atoms with E-state index in [9.17, 15) is 10.1 Å². The Kier molecular flexibility index (Phi) is 4.86. The number of pyridine rings is 1. The zero-order valence-corrected chi connectivity index (χ0v) is 12.6. The standard InChI is InChI=1S/C14H20N2O3S/c1-11-5-6-12(13(15-11)16(17)18)19-9-14(10-20)7-3-2-4-8-14/h5-6,20H,2-4,7-10H2,1H3. The second-order valence-corrected chi connectivity index (χ2v) is 5.86. The molecule has 1 aromatic rings. The zero-order valence-electron chi connectivity index (χ0n) is 11.7. The highest BCUT2D eigenvalue weighted by Gasteiger charge is 2.32. The van der Waals surface area contributed by atoms with Gasteiger partial charge in [0.05, 0.1) is 6.61 Å². The highest BCUT2D eigenvalue weighted by Crippen LogP contribution is 2.38. The first-order valence-electron chi connectivity index (χ1n) is 6.92. The van der Waals surface area contributed by atoms with Crippen molar-refractivity contribution < 1.29 is 9.66 Å². The summed E-state index contributed by atoms with van der Waals surface area (Å²) in [6.07, 6.45) is 5.76. The maximum Gasteiger partial charge on any atom is 0.406 e. The number of hydrogen-bond donors (Lipinski definition) is 1. The highest BCUT2D eigenvalue weighted by atomic mass is 32.1. The Hall–Kier alpha value is -1.30. The van der Waals surface area contributed by atoms with Crippen molar-refractivity contribution in [3.63, 3.8) is 0 Å². The van der Waals surface area contributed by atoms with E-state index in [-0.39, 0.29) is 17.0 Å². The average molecular weight is 296 g/mol. The lowest BCUT2D eigenvalue weighted by Crippen LogP contribution is -2.33. The number of aromatic nitrogens is 1. The van der Waals surface area contributed by atoms with Crippen LogP contribution in [0.4, 0.5) is 5.82 Å². The maximum atomic E-state index is 11.0. The predicted molar refractivity (Wildman–Crippen MR) is 80.5 cm³/mol. The number of ether oxygens (including phenoxy) is 1. The van der Waals surface area contributed by atoms with Crippen LogP contribution in [0, 0.1) is 22.5 Å². The van der Waals surface area contributed by atoms with Crippen LogP contribution in [-0.4, -0.2) is 22.3 Å². The Bertz CT molecular complexity index is 487. The number of aryl methyl sites for hydroxylation is 1. The van der Waals surface area contributed by atoms with E-state index in [0.717, 1.165) is 18.6 Å². The van der Waals surface area contributed by atoms with Crippen molar-refractivity contribution in [3.05, 3.63) is 27.9 Å². The third-order valence-electron chi connectivity index (χ3n) is 3.93. The van der Waals surface area contributed by atoms with Gasteiger partial charge in [-0.25, -0.2) is 0 Å². The van der Waals surface area contributed by atoms with Crippen LogP contribution < -0.4 is 4.74 Å². The first kappa shape index (κ1) is 15.1. The van der Waals surface area contributed by atoms with Gasteiger partial charge in [-0.3, -0.25) is 0 Å². The molecule has 1 fully saturated rings. The minimum absolute atomic E-state index is 0.0418. The largest absolute Gasteiger partial charge is 0.485 e. The van der Waals surface area contributed by atoms with Gasteiger partial charge in [0.15, 0.2) is 0 Å². The lowest BCUT2D eigenvalue weighted by atomic mass is 9.76. The average Bonchev–Trinajstić information content (AvgIpc) is 2.47. The van der Waals surface area contributed by atoms with Gasteiger partial charge in [0.1, 0.15) is 5.69 Å². The van der Waals surface area contributed by atoms with Gasteiger partial charge in [-0.1, -0.05) is 19.3 Å². The first-order valence-corrected chi connectivity index (χ1v) is 7.55. The Morgan fingerprint density at radius 3 is 2.70 bits per heavy atom. The molecule has 1 saturated carbocycles. The van der Waals surface area contributed by atoms with Gasteiger partial charge in [-0.05, 0) is 40.6 Å². The van der Waals surface area contributed by atoms with E-state index >= 15 is 0 Å². The molecule has 1 heterocycles. The van der Waals surface area contributed by atoms with Crippen LogP contribution in [-0.2, 0) is 0 Å². The number of thiol groups is 1. The molecule has 0 unspecified atom stereocenters. The van der Waals surface area contributed by atoms with Gasteiger partial charge in [0.2, 0.25) is 5.75 Å². The second-order valence-electron chi connectivity index (χ2n) is 5.54. The van der Waals surface area contributed by atoms with E-state index in [0.29, 0.717) is 12.3 Å². The van der Waals surface area contributed by atoms with Crippen LogP contribution in [0.3, 0.4) is 0 Å². The molecule has 1 aromatic heterocycles. The summed E-state index contributed by atoms with van der Waals surface area (Å²) in [7, 11) is 0. The molecule has 110 valence electrons. The Balaban J connectivity index is 2.11. The monoisotopic (exact) mass is 296 g/mol. The fourth-order valence-corrected chi connectivity index (χ4v) is 3.06. The van der Waals surface area contributed by atoms with E-state index < -0.39 is 4.92 Å². The van der Waals surface area contributed by atoms with E-state index in [1.54, 1.807) is 19.1 Å². The third kappa shape index (κ3) is 3.42. The molecule has 0 aliphatic heterocycles. The Morgan fingerprint density at radius 2 is 2.10 bits per heavy atom. The predicted octanol–water partition coefficient (Wildman–Crippen LogP) is 3.56. The molecule has 1 aliphatic rings. The van der Waals surface area contributed by atoms with Crippen molar-refractivity contribution in [2.24, 2.45) is 5.41 Å². The summed E-state index contributed by atoms with van der Waals surface area (Å²) < 4.78 is 5.73. The maximum absolute atomic E-state index is 11.0. The minimum Gasteiger partial charge on any atom is -0.485 e. The Morgan fingerprint density at radius 1 is 1.40 bits per heavy atom. The van der Waals surface area contributed by atoms with E-state index in [1.165, 1.54) is 19.3 Å².